The van der Waals surface area contributed by atoms with Crippen molar-refractivity contribution in [3.05, 3.63) is 34.9 Å². The van der Waals surface area contributed by atoms with E-state index in [1.807, 2.05) is 13.8 Å². The van der Waals surface area contributed by atoms with E-state index in [1.165, 1.54) is 50.5 Å². The molecule has 3 fully saturated rings. The predicted octanol–water partition coefficient (Wildman–Crippen LogP) is 5.60. The van der Waals surface area contributed by atoms with E-state index in [0.29, 0.717) is 36.0 Å². The summed E-state index contributed by atoms with van der Waals surface area (Å²) in [5.74, 6) is 0.614. The molecule has 0 saturated heterocycles. The maximum absolute atomic E-state index is 10.1. The smallest absolute Gasteiger partial charge is 0.0602 e. The molecule has 0 radical (unpaired) electrons. The van der Waals surface area contributed by atoms with Gasteiger partial charge in [-0.15, -0.1) is 0 Å². The van der Waals surface area contributed by atoms with Gasteiger partial charge in [0.25, 0.3) is 0 Å². The largest absolute Gasteiger partial charge is 0.393 e. The number of aliphatic hydroxyl groups is 3. The maximum atomic E-state index is 10.1. The van der Waals surface area contributed by atoms with E-state index in [9.17, 15) is 15.3 Å². The number of allylic oxidation sites excluding steroid dienone is 5. The number of hydrogen-bond donors (Lipinski definition) is 3. The van der Waals surface area contributed by atoms with Gasteiger partial charge in [0.15, 0.2) is 0 Å². The lowest BCUT2D eigenvalue weighted by molar-refractivity contribution is 0.0608. The number of rotatable bonds is 6. The highest BCUT2D eigenvalue weighted by Crippen LogP contribution is 2.67. The Bertz CT molecular complexity index is 722. The number of hydrogen-bond acceptors (Lipinski definition) is 3. The van der Waals surface area contributed by atoms with Crippen molar-refractivity contribution in [1.29, 1.82) is 0 Å². The van der Waals surface area contributed by atoms with Crippen molar-refractivity contribution in [3.63, 3.8) is 0 Å². The molecule has 4 aliphatic rings. The van der Waals surface area contributed by atoms with Gasteiger partial charge in [-0.1, -0.05) is 41.9 Å². The monoisotopic (exact) mass is 414 g/mol. The maximum Gasteiger partial charge on any atom is 0.0602 e. The van der Waals surface area contributed by atoms with Crippen LogP contribution in [0.15, 0.2) is 34.9 Å². The standard InChI is InChI=1S/C27H42O3/c1-25(2,30)11-5-13-27(14-15-27)24-10-9-23-20(6-4-12-26(23,24)3)8-7-19-16-21(28)18-22(29)17-19/h7-8,10,21-23,28-30H,4-6,9,11-18H2,1-3H3/b19-7?,20-8+/t21-,22?,23?,26+/m1/s1. The lowest BCUT2D eigenvalue weighted by Gasteiger charge is -2.43. The summed E-state index contributed by atoms with van der Waals surface area (Å²) >= 11 is 0. The van der Waals surface area contributed by atoms with Crippen LogP contribution in [0.5, 0.6) is 0 Å². The van der Waals surface area contributed by atoms with Crippen LogP contribution in [-0.2, 0) is 0 Å². The Labute approximate surface area is 183 Å². The van der Waals surface area contributed by atoms with Crippen LogP contribution >= 0.6 is 0 Å². The van der Waals surface area contributed by atoms with Crippen LogP contribution in [0.4, 0.5) is 0 Å². The molecule has 3 heteroatoms. The van der Waals surface area contributed by atoms with Crippen LogP contribution < -0.4 is 0 Å². The number of fused-ring (bicyclic) bond motifs is 1. The highest BCUT2D eigenvalue weighted by molar-refractivity contribution is 5.39. The predicted molar refractivity (Wildman–Crippen MR) is 122 cm³/mol. The molecular formula is C27H42O3. The zero-order valence-electron chi connectivity index (χ0n) is 19.3. The van der Waals surface area contributed by atoms with Crippen molar-refractivity contribution < 1.29 is 15.3 Å². The van der Waals surface area contributed by atoms with Crippen LogP contribution in [0.3, 0.4) is 0 Å². The number of aliphatic hydroxyl groups excluding tert-OH is 2. The minimum atomic E-state index is -0.554. The van der Waals surface area contributed by atoms with Gasteiger partial charge in [-0.2, -0.15) is 0 Å². The van der Waals surface area contributed by atoms with Crippen molar-refractivity contribution >= 4 is 0 Å². The van der Waals surface area contributed by atoms with Gasteiger partial charge in [-0.25, -0.2) is 0 Å². The Morgan fingerprint density at radius 1 is 1.10 bits per heavy atom. The van der Waals surface area contributed by atoms with Crippen LogP contribution in [0.25, 0.3) is 0 Å². The van der Waals surface area contributed by atoms with Crippen LogP contribution in [-0.4, -0.2) is 33.1 Å². The van der Waals surface area contributed by atoms with E-state index < -0.39 is 17.8 Å². The van der Waals surface area contributed by atoms with Crippen LogP contribution in [0.2, 0.25) is 0 Å². The Morgan fingerprint density at radius 3 is 2.43 bits per heavy atom. The van der Waals surface area contributed by atoms with Crippen LogP contribution in [0.1, 0.15) is 97.8 Å². The first-order valence-electron chi connectivity index (χ1n) is 12.3. The average Bonchev–Trinajstić information content (AvgIpc) is 3.31. The average molecular weight is 415 g/mol. The molecule has 0 bridgehead atoms. The molecule has 4 aliphatic carbocycles. The SMILES string of the molecule is CC(C)(O)CCCC1(C2=CCC3/C(=C/C=C4CC(O)C[C@H](O)C4)CCC[C@]23C)CC1. The van der Waals surface area contributed by atoms with Crippen LogP contribution in [0, 0.1) is 16.7 Å². The van der Waals surface area contributed by atoms with E-state index in [-0.39, 0.29) is 0 Å². The fourth-order valence-corrected chi connectivity index (χ4v) is 6.84. The summed E-state index contributed by atoms with van der Waals surface area (Å²) in [6, 6.07) is 0. The first-order valence-corrected chi connectivity index (χ1v) is 12.3. The molecule has 4 rings (SSSR count). The second-order valence-electron chi connectivity index (χ2n) is 11.6. The zero-order chi connectivity index (χ0) is 21.6. The molecule has 30 heavy (non-hydrogen) atoms. The summed E-state index contributed by atoms with van der Waals surface area (Å²) in [6.07, 6.45) is 19.0. The lowest BCUT2D eigenvalue weighted by Crippen LogP contribution is -2.33. The molecule has 3 N–H and O–H groups in total. The molecule has 4 atom stereocenters. The second kappa shape index (κ2) is 8.22. The summed E-state index contributed by atoms with van der Waals surface area (Å²) in [5.41, 5.74) is 4.65. The van der Waals surface area contributed by atoms with Crippen molar-refractivity contribution in [2.75, 3.05) is 0 Å². The van der Waals surface area contributed by atoms with Gasteiger partial charge in [0.05, 0.1) is 17.8 Å². The normalized spacial score (nSPS) is 38.6. The Hall–Kier alpha value is -0.900. The highest BCUT2D eigenvalue weighted by Gasteiger charge is 2.56. The third kappa shape index (κ3) is 4.64. The van der Waals surface area contributed by atoms with Crippen molar-refractivity contribution in [3.8, 4) is 0 Å². The van der Waals surface area contributed by atoms with Gasteiger partial charge >= 0.3 is 0 Å². The first-order chi connectivity index (χ1) is 14.1. The lowest BCUT2D eigenvalue weighted by atomic mass is 9.61. The quantitative estimate of drug-likeness (QED) is 0.496. The van der Waals surface area contributed by atoms with E-state index in [1.54, 1.807) is 11.1 Å². The van der Waals surface area contributed by atoms with Gasteiger partial charge in [0, 0.05) is 0 Å². The Kier molecular flexibility index (Phi) is 6.11. The summed E-state index contributed by atoms with van der Waals surface area (Å²) in [4.78, 5) is 0. The van der Waals surface area contributed by atoms with E-state index in [4.69, 9.17) is 0 Å². The summed E-state index contributed by atoms with van der Waals surface area (Å²) in [7, 11) is 0. The van der Waals surface area contributed by atoms with E-state index in [2.05, 4.69) is 25.2 Å². The summed E-state index contributed by atoms with van der Waals surface area (Å²) in [6.45, 7) is 6.37. The van der Waals surface area contributed by atoms with E-state index >= 15 is 0 Å². The molecule has 0 aromatic heterocycles. The van der Waals surface area contributed by atoms with Gasteiger partial charge < -0.3 is 15.3 Å². The minimum absolute atomic E-state index is 0.291. The third-order valence-electron chi connectivity index (χ3n) is 8.49. The fourth-order valence-electron chi connectivity index (χ4n) is 6.84. The molecule has 0 aromatic carbocycles. The second-order valence-corrected chi connectivity index (χ2v) is 11.6. The fraction of sp³-hybridized carbons (Fsp3) is 0.778. The third-order valence-corrected chi connectivity index (χ3v) is 8.49. The van der Waals surface area contributed by atoms with Gasteiger partial charge in [0.1, 0.15) is 0 Å². The molecule has 0 aliphatic heterocycles. The van der Waals surface area contributed by atoms with Crippen molar-refractivity contribution in [2.24, 2.45) is 16.7 Å². The molecule has 0 amide bonds. The molecule has 2 unspecified atom stereocenters. The van der Waals surface area contributed by atoms with Gasteiger partial charge in [0.2, 0.25) is 0 Å². The first kappa shape index (κ1) is 22.3. The van der Waals surface area contributed by atoms with Gasteiger partial charge in [-0.3, -0.25) is 0 Å². The van der Waals surface area contributed by atoms with Crippen molar-refractivity contribution in [1.82, 2.24) is 0 Å². The highest BCUT2D eigenvalue weighted by atomic mass is 16.3. The Morgan fingerprint density at radius 2 is 1.80 bits per heavy atom. The molecule has 0 aromatic rings. The molecule has 3 saturated carbocycles. The summed E-state index contributed by atoms with van der Waals surface area (Å²) < 4.78 is 0. The summed E-state index contributed by atoms with van der Waals surface area (Å²) in [5, 5.41) is 30.1. The zero-order valence-corrected chi connectivity index (χ0v) is 19.3. The molecule has 0 spiro atoms. The molecule has 0 heterocycles. The minimum Gasteiger partial charge on any atom is -0.393 e. The van der Waals surface area contributed by atoms with Crippen molar-refractivity contribution in [2.45, 2.75) is 116 Å². The van der Waals surface area contributed by atoms with E-state index in [0.717, 1.165) is 12.8 Å². The molecule has 168 valence electrons. The Balaban J connectivity index is 1.47. The molecule has 3 nitrogen and oxygen atoms in total. The van der Waals surface area contributed by atoms with Gasteiger partial charge in [-0.05, 0) is 108 Å². The molecular weight excluding hydrogens is 372 g/mol. The topological polar surface area (TPSA) is 60.7 Å².